The van der Waals surface area contributed by atoms with Gasteiger partial charge in [-0.1, -0.05) is 0 Å². The van der Waals surface area contributed by atoms with Crippen LogP contribution in [-0.2, 0) is 0 Å². The molecule has 100 valence electrons. The van der Waals surface area contributed by atoms with Crippen molar-refractivity contribution in [3.63, 3.8) is 0 Å². The van der Waals surface area contributed by atoms with Gasteiger partial charge in [-0.05, 0) is 40.6 Å². The van der Waals surface area contributed by atoms with E-state index >= 15 is 0 Å². The molecule has 0 saturated carbocycles. The second kappa shape index (κ2) is 4.57. The van der Waals surface area contributed by atoms with Crippen LogP contribution in [0.15, 0.2) is 41.0 Å². The van der Waals surface area contributed by atoms with Gasteiger partial charge >= 0.3 is 5.69 Å². The lowest BCUT2D eigenvalue weighted by atomic mass is 10.2. The molecule has 0 aliphatic carbocycles. The van der Waals surface area contributed by atoms with E-state index in [-0.39, 0.29) is 22.5 Å². The van der Waals surface area contributed by atoms with Gasteiger partial charge in [0.2, 0.25) is 5.52 Å². The number of nitrogens with zero attached hydrogens (tertiary/aromatic N) is 3. The maximum absolute atomic E-state index is 12.8. The van der Waals surface area contributed by atoms with E-state index in [1.165, 1.54) is 36.4 Å². The van der Waals surface area contributed by atoms with Gasteiger partial charge in [0.25, 0.3) is 0 Å². The smallest absolute Gasteiger partial charge is 0.301 e. The van der Waals surface area contributed by atoms with Gasteiger partial charge in [-0.15, -0.1) is 0 Å². The number of ether oxygens (including phenoxy) is 1. The second-order valence-electron chi connectivity index (χ2n) is 3.86. The molecule has 0 atom stereocenters. The number of fused-ring (bicyclic) bond motifs is 1. The zero-order valence-electron chi connectivity index (χ0n) is 9.82. The zero-order chi connectivity index (χ0) is 14.1. The largest absolute Gasteiger partial charge is 0.455 e. The van der Waals surface area contributed by atoms with Crippen LogP contribution < -0.4 is 4.74 Å². The summed E-state index contributed by atoms with van der Waals surface area (Å²) in [5.74, 6) is 0.206. The second-order valence-corrected chi connectivity index (χ2v) is 3.86. The number of benzene rings is 2. The molecule has 0 N–H and O–H groups in total. The van der Waals surface area contributed by atoms with Gasteiger partial charge in [-0.25, -0.2) is 9.02 Å². The average molecular weight is 275 g/mol. The highest BCUT2D eigenvalue weighted by Gasteiger charge is 2.20. The molecule has 0 bridgehead atoms. The third kappa shape index (κ3) is 2.03. The minimum Gasteiger partial charge on any atom is -0.455 e. The van der Waals surface area contributed by atoms with E-state index in [1.54, 1.807) is 0 Å². The van der Waals surface area contributed by atoms with Crippen molar-refractivity contribution in [2.24, 2.45) is 0 Å². The SMILES string of the molecule is O=[N+]([O-])c1ccc(Oc2ccc(F)cc2)c2nonc12. The van der Waals surface area contributed by atoms with Gasteiger partial charge in [0.1, 0.15) is 11.6 Å². The van der Waals surface area contributed by atoms with Crippen molar-refractivity contribution in [1.82, 2.24) is 10.3 Å². The normalized spacial score (nSPS) is 10.7. The maximum atomic E-state index is 12.8. The van der Waals surface area contributed by atoms with Crippen molar-refractivity contribution >= 4 is 16.7 Å². The number of non-ortho nitro benzene ring substituents is 1. The van der Waals surface area contributed by atoms with Crippen molar-refractivity contribution in [2.45, 2.75) is 0 Å². The third-order valence-corrected chi connectivity index (χ3v) is 2.60. The van der Waals surface area contributed by atoms with Gasteiger partial charge in [-0.3, -0.25) is 10.1 Å². The van der Waals surface area contributed by atoms with Gasteiger partial charge in [0, 0.05) is 6.07 Å². The topological polar surface area (TPSA) is 91.3 Å². The first-order valence-corrected chi connectivity index (χ1v) is 5.48. The minimum atomic E-state index is -0.589. The molecule has 3 aromatic rings. The summed E-state index contributed by atoms with van der Waals surface area (Å²) in [5, 5.41) is 17.9. The number of aromatic nitrogens is 2. The highest BCUT2D eigenvalue weighted by Crippen LogP contribution is 2.33. The monoisotopic (exact) mass is 275 g/mol. The Morgan fingerprint density at radius 1 is 1.10 bits per heavy atom. The molecule has 20 heavy (non-hydrogen) atoms. The fraction of sp³-hybridized carbons (Fsp3) is 0. The Morgan fingerprint density at radius 3 is 2.50 bits per heavy atom. The molecule has 0 aliphatic heterocycles. The van der Waals surface area contributed by atoms with Crippen LogP contribution in [0.3, 0.4) is 0 Å². The van der Waals surface area contributed by atoms with E-state index in [4.69, 9.17) is 4.74 Å². The van der Waals surface area contributed by atoms with E-state index in [9.17, 15) is 14.5 Å². The van der Waals surface area contributed by atoms with Crippen molar-refractivity contribution in [3.05, 3.63) is 52.3 Å². The Kier molecular flexibility index (Phi) is 2.75. The van der Waals surface area contributed by atoms with Crippen LogP contribution >= 0.6 is 0 Å². The highest BCUT2D eigenvalue weighted by atomic mass is 19.1. The molecule has 0 aliphatic rings. The van der Waals surface area contributed by atoms with Crippen molar-refractivity contribution in [2.75, 3.05) is 0 Å². The first kappa shape index (κ1) is 12.0. The predicted octanol–water partition coefficient (Wildman–Crippen LogP) is 3.06. The van der Waals surface area contributed by atoms with Crippen molar-refractivity contribution in [3.8, 4) is 11.5 Å². The van der Waals surface area contributed by atoms with Crippen LogP contribution in [0.1, 0.15) is 0 Å². The molecule has 0 saturated heterocycles. The molecule has 0 spiro atoms. The van der Waals surface area contributed by atoms with E-state index < -0.39 is 10.7 Å². The molecule has 0 amide bonds. The number of rotatable bonds is 3. The van der Waals surface area contributed by atoms with Crippen molar-refractivity contribution < 1.29 is 18.7 Å². The molecule has 8 heteroatoms. The van der Waals surface area contributed by atoms with E-state index in [2.05, 4.69) is 14.9 Å². The summed E-state index contributed by atoms with van der Waals surface area (Å²) in [6.07, 6.45) is 0. The third-order valence-electron chi connectivity index (χ3n) is 2.60. The fourth-order valence-electron chi connectivity index (χ4n) is 1.69. The van der Waals surface area contributed by atoms with Crippen LogP contribution in [0.5, 0.6) is 11.5 Å². The average Bonchev–Trinajstić information content (AvgIpc) is 2.91. The van der Waals surface area contributed by atoms with Crippen LogP contribution in [0.2, 0.25) is 0 Å². The molecule has 0 fully saturated rings. The van der Waals surface area contributed by atoms with Crippen LogP contribution in [0.25, 0.3) is 11.0 Å². The van der Waals surface area contributed by atoms with E-state index in [0.29, 0.717) is 5.75 Å². The summed E-state index contributed by atoms with van der Waals surface area (Å²) >= 11 is 0. The Labute approximate surface area is 110 Å². The van der Waals surface area contributed by atoms with Crippen LogP contribution in [-0.4, -0.2) is 15.2 Å². The zero-order valence-corrected chi connectivity index (χ0v) is 9.82. The number of nitro groups is 1. The first-order chi connectivity index (χ1) is 9.65. The maximum Gasteiger partial charge on any atom is 0.301 e. The molecule has 7 nitrogen and oxygen atoms in total. The van der Waals surface area contributed by atoms with Gasteiger partial charge in [0.05, 0.1) is 4.92 Å². The Bertz CT molecular complexity index is 785. The van der Waals surface area contributed by atoms with Gasteiger partial charge in [-0.2, -0.15) is 0 Å². The lowest BCUT2D eigenvalue weighted by molar-refractivity contribution is -0.383. The number of hydrogen-bond acceptors (Lipinski definition) is 6. The minimum absolute atomic E-state index is 0.00499. The predicted molar refractivity (Wildman–Crippen MR) is 64.9 cm³/mol. The lowest BCUT2D eigenvalue weighted by Crippen LogP contribution is -1.92. The molecule has 2 aromatic carbocycles. The lowest BCUT2D eigenvalue weighted by Gasteiger charge is -2.05. The van der Waals surface area contributed by atoms with E-state index in [0.717, 1.165) is 0 Å². The first-order valence-electron chi connectivity index (χ1n) is 5.48. The standard InChI is InChI=1S/C12H6FN3O4/c13-7-1-3-8(4-2-7)19-10-6-5-9(16(17)18)11-12(10)15-20-14-11/h1-6H. The summed E-state index contributed by atoms with van der Waals surface area (Å²) < 4.78 is 22.8. The quantitative estimate of drug-likeness (QED) is 0.538. The molecule has 1 aromatic heterocycles. The Morgan fingerprint density at radius 2 is 1.80 bits per heavy atom. The molecular formula is C12H6FN3O4. The van der Waals surface area contributed by atoms with Gasteiger partial charge in [0.15, 0.2) is 11.3 Å². The summed E-state index contributed by atoms with van der Waals surface area (Å²) in [4.78, 5) is 10.2. The number of halogens is 1. The van der Waals surface area contributed by atoms with Crippen LogP contribution in [0, 0.1) is 15.9 Å². The molecular weight excluding hydrogens is 269 g/mol. The Hall–Kier alpha value is -3.03. The number of nitro benzene ring substituents is 1. The molecule has 1 heterocycles. The highest BCUT2D eigenvalue weighted by molar-refractivity contribution is 5.88. The summed E-state index contributed by atoms with van der Waals surface area (Å²) in [7, 11) is 0. The summed E-state index contributed by atoms with van der Waals surface area (Å²) in [5.41, 5.74) is -0.106. The van der Waals surface area contributed by atoms with Gasteiger partial charge < -0.3 is 4.74 Å². The fourth-order valence-corrected chi connectivity index (χ4v) is 1.69. The number of hydrogen-bond donors (Lipinski definition) is 0. The summed E-state index contributed by atoms with van der Waals surface area (Å²) in [6, 6.07) is 7.95. The van der Waals surface area contributed by atoms with E-state index in [1.807, 2.05) is 0 Å². The Balaban J connectivity index is 2.04. The molecule has 0 unspecified atom stereocenters. The molecule has 0 radical (unpaired) electrons. The van der Waals surface area contributed by atoms with Crippen molar-refractivity contribution in [1.29, 1.82) is 0 Å². The molecule has 3 rings (SSSR count). The summed E-state index contributed by atoms with van der Waals surface area (Å²) in [6.45, 7) is 0. The van der Waals surface area contributed by atoms with Crippen LogP contribution in [0.4, 0.5) is 10.1 Å².